The van der Waals surface area contributed by atoms with Gasteiger partial charge in [-0.05, 0) is 19.1 Å². The third-order valence-electron chi connectivity index (χ3n) is 1.58. The number of hydrogen-bond acceptors (Lipinski definition) is 2. The highest BCUT2D eigenvalue weighted by molar-refractivity contribution is 5.35. The molecule has 0 aliphatic rings. The molecule has 0 saturated heterocycles. The highest BCUT2D eigenvalue weighted by atomic mass is 16.1. The van der Waals surface area contributed by atoms with Gasteiger partial charge in [-0.15, -0.1) is 0 Å². The van der Waals surface area contributed by atoms with Crippen molar-refractivity contribution < 1.29 is 0 Å². The number of hydrogen-bond donors (Lipinski definition) is 1. The summed E-state index contributed by atoms with van der Waals surface area (Å²) in [6, 6.07) is 3.44. The molecule has 1 aromatic rings. The molecule has 3 nitrogen and oxygen atoms in total. The predicted molar refractivity (Wildman–Crippen MR) is 40.8 cm³/mol. The molecule has 0 atom stereocenters. The number of pyridine rings is 1. The second-order valence-corrected chi connectivity index (χ2v) is 2.29. The van der Waals surface area contributed by atoms with E-state index in [1.165, 1.54) is 4.57 Å². The number of aryl methyl sites for hydroxylation is 1. The van der Waals surface area contributed by atoms with Crippen molar-refractivity contribution in [2.24, 2.45) is 7.05 Å². The van der Waals surface area contributed by atoms with E-state index in [1.807, 2.05) is 13.0 Å². The van der Waals surface area contributed by atoms with Crippen molar-refractivity contribution in [1.29, 1.82) is 0 Å². The van der Waals surface area contributed by atoms with Crippen LogP contribution < -0.4 is 11.3 Å². The smallest absolute Gasteiger partial charge is 0.273 e. The van der Waals surface area contributed by atoms with Gasteiger partial charge in [-0.25, -0.2) is 0 Å². The number of rotatable bonds is 0. The van der Waals surface area contributed by atoms with Crippen molar-refractivity contribution >= 4 is 5.69 Å². The Morgan fingerprint density at radius 1 is 1.50 bits per heavy atom. The van der Waals surface area contributed by atoms with E-state index >= 15 is 0 Å². The van der Waals surface area contributed by atoms with E-state index in [9.17, 15) is 4.79 Å². The number of aromatic nitrogens is 1. The first-order valence-corrected chi connectivity index (χ1v) is 3.05. The number of nitrogens with two attached hydrogens (primary N) is 1. The average Bonchev–Trinajstić information content (AvgIpc) is 1.93. The Hall–Kier alpha value is -1.25. The summed E-state index contributed by atoms with van der Waals surface area (Å²) >= 11 is 0. The number of nitrogen functional groups attached to an aromatic ring is 1. The number of anilines is 1. The first-order chi connectivity index (χ1) is 4.63. The molecule has 3 heteroatoms. The molecule has 0 aromatic carbocycles. The molecule has 1 heterocycles. The van der Waals surface area contributed by atoms with Crippen molar-refractivity contribution in [3.8, 4) is 0 Å². The summed E-state index contributed by atoms with van der Waals surface area (Å²) in [7, 11) is 1.70. The highest BCUT2D eigenvalue weighted by Crippen LogP contribution is 1.95. The zero-order valence-electron chi connectivity index (χ0n) is 6.09. The van der Waals surface area contributed by atoms with Crippen LogP contribution >= 0.6 is 0 Å². The number of nitrogens with zero attached hydrogens (tertiary/aromatic N) is 1. The van der Waals surface area contributed by atoms with Crippen LogP contribution in [0.4, 0.5) is 5.69 Å². The maximum absolute atomic E-state index is 11.0. The van der Waals surface area contributed by atoms with E-state index in [2.05, 4.69) is 0 Å². The lowest BCUT2D eigenvalue weighted by atomic mass is 10.3. The minimum atomic E-state index is -0.125. The van der Waals surface area contributed by atoms with E-state index in [0.717, 1.165) is 5.69 Å². The molecule has 1 rings (SSSR count). The van der Waals surface area contributed by atoms with E-state index in [1.54, 1.807) is 13.1 Å². The van der Waals surface area contributed by atoms with E-state index in [-0.39, 0.29) is 5.56 Å². The van der Waals surface area contributed by atoms with Gasteiger partial charge >= 0.3 is 0 Å². The summed E-state index contributed by atoms with van der Waals surface area (Å²) in [5, 5.41) is 0. The molecule has 0 saturated carbocycles. The Morgan fingerprint density at radius 3 is 2.60 bits per heavy atom. The lowest BCUT2D eigenvalue weighted by Crippen LogP contribution is -2.21. The van der Waals surface area contributed by atoms with Crippen LogP contribution in [0.3, 0.4) is 0 Å². The van der Waals surface area contributed by atoms with Crippen LogP contribution in [0.25, 0.3) is 0 Å². The molecule has 10 heavy (non-hydrogen) atoms. The Morgan fingerprint density at radius 2 is 2.10 bits per heavy atom. The van der Waals surface area contributed by atoms with Gasteiger partial charge in [0.05, 0.1) is 5.69 Å². The fourth-order valence-corrected chi connectivity index (χ4v) is 0.747. The molecular formula is C7H10N2O. The maximum atomic E-state index is 11.0. The quantitative estimate of drug-likeness (QED) is 0.559. The zero-order chi connectivity index (χ0) is 7.72. The van der Waals surface area contributed by atoms with Crippen molar-refractivity contribution in [3.63, 3.8) is 0 Å². The van der Waals surface area contributed by atoms with Gasteiger partial charge in [0.2, 0.25) is 0 Å². The van der Waals surface area contributed by atoms with Crippen LogP contribution in [0.15, 0.2) is 16.9 Å². The monoisotopic (exact) mass is 138 g/mol. The zero-order valence-corrected chi connectivity index (χ0v) is 6.09. The van der Waals surface area contributed by atoms with Gasteiger partial charge in [-0.1, -0.05) is 0 Å². The molecular weight excluding hydrogens is 128 g/mol. The van der Waals surface area contributed by atoms with Gasteiger partial charge in [0.15, 0.2) is 0 Å². The lowest BCUT2D eigenvalue weighted by molar-refractivity contribution is 0.822. The van der Waals surface area contributed by atoms with Crippen LogP contribution in [0.1, 0.15) is 5.69 Å². The van der Waals surface area contributed by atoms with Crippen LogP contribution in [0.2, 0.25) is 0 Å². The average molecular weight is 138 g/mol. The third kappa shape index (κ3) is 0.900. The van der Waals surface area contributed by atoms with Gasteiger partial charge < -0.3 is 10.3 Å². The molecule has 2 N–H and O–H groups in total. The summed E-state index contributed by atoms with van der Waals surface area (Å²) in [5.74, 6) is 0. The normalized spacial score (nSPS) is 9.80. The van der Waals surface area contributed by atoms with Gasteiger partial charge in [-0.2, -0.15) is 0 Å². The summed E-state index contributed by atoms with van der Waals surface area (Å²) in [4.78, 5) is 11.0. The largest absolute Gasteiger partial charge is 0.394 e. The molecule has 0 aliphatic carbocycles. The highest BCUT2D eigenvalue weighted by Gasteiger charge is 1.96. The summed E-state index contributed by atoms with van der Waals surface area (Å²) in [6.07, 6.45) is 0. The Balaban J connectivity index is 3.50. The van der Waals surface area contributed by atoms with Crippen LogP contribution in [0.5, 0.6) is 0 Å². The van der Waals surface area contributed by atoms with Crippen LogP contribution in [-0.2, 0) is 7.05 Å². The second-order valence-electron chi connectivity index (χ2n) is 2.29. The van der Waals surface area contributed by atoms with Crippen LogP contribution in [-0.4, -0.2) is 4.57 Å². The van der Waals surface area contributed by atoms with Gasteiger partial charge in [0.1, 0.15) is 0 Å². The summed E-state index contributed by atoms with van der Waals surface area (Å²) in [5.41, 5.74) is 6.45. The maximum Gasteiger partial charge on any atom is 0.273 e. The lowest BCUT2D eigenvalue weighted by Gasteiger charge is -2.01. The topological polar surface area (TPSA) is 48.0 Å². The van der Waals surface area contributed by atoms with E-state index in [0.29, 0.717) is 5.69 Å². The minimum absolute atomic E-state index is 0.125. The standard InChI is InChI=1S/C7H10N2O/c1-5-3-4-6(8)7(10)9(5)2/h3-4H,8H2,1-2H3. The Labute approximate surface area is 59.1 Å². The van der Waals surface area contributed by atoms with Gasteiger partial charge in [-0.3, -0.25) is 4.79 Å². The molecule has 0 amide bonds. The fourth-order valence-electron chi connectivity index (χ4n) is 0.747. The van der Waals surface area contributed by atoms with Crippen molar-refractivity contribution in [1.82, 2.24) is 4.57 Å². The molecule has 1 aromatic heterocycles. The molecule has 0 fully saturated rings. The molecule has 54 valence electrons. The second kappa shape index (κ2) is 2.17. The summed E-state index contributed by atoms with van der Waals surface area (Å²) in [6.45, 7) is 1.86. The van der Waals surface area contributed by atoms with E-state index < -0.39 is 0 Å². The van der Waals surface area contributed by atoms with Crippen molar-refractivity contribution in [2.45, 2.75) is 6.92 Å². The first kappa shape index (κ1) is 6.86. The first-order valence-electron chi connectivity index (χ1n) is 3.05. The summed E-state index contributed by atoms with van der Waals surface area (Å²) < 4.78 is 1.52. The molecule has 0 bridgehead atoms. The Bertz CT molecular complexity index is 301. The molecule has 0 aliphatic heterocycles. The molecule has 0 unspecified atom stereocenters. The molecule has 0 spiro atoms. The van der Waals surface area contributed by atoms with Gasteiger partial charge in [0.25, 0.3) is 5.56 Å². The SMILES string of the molecule is Cc1ccc(N)c(=O)n1C. The van der Waals surface area contributed by atoms with Crippen LogP contribution in [0, 0.1) is 6.92 Å². The molecule has 0 radical (unpaired) electrons. The third-order valence-corrected chi connectivity index (χ3v) is 1.58. The fraction of sp³-hybridized carbons (Fsp3) is 0.286. The van der Waals surface area contributed by atoms with Crippen molar-refractivity contribution in [3.05, 3.63) is 28.2 Å². The Kier molecular flexibility index (Phi) is 1.49. The van der Waals surface area contributed by atoms with Gasteiger partial charge in [0, 0.05) is 12.7 Å². The van der Waals surface area contributed by atoms with E-state index in [4.69, 9.17) is 5.73 Å². The predicted octanol–water partition coefficient (Wildman–Crippen LogP) is 0.276. The van der Waals surface area contributed by atoms with Crippen molar-refractivity contribution in [2.75, 3.05) is 5.73 Å². The minimum Gasteiger partial charge on any atom is -0.394 e.